The SMILES string of the molecule is NC1(CC(=O)N2Cc3ccccc3C[C@@H]2C(=O)O)CCC1. The average molecular weight is 288 g/mol. The standard InChI is InChI=1S/C16H20N2O3/c17-16(6-3-7-16)9-14(19)18-10-12-5-2-1-4-11(12)8-13(18)15(20)21/h1-2,4-5,13H,3,6-10,17H2,(H,20,21)/t13-/m1/s1. The van der Waals surface area contributed by atoms with E-state index in [2.05, 4.69) is 0 Å². The summed E-state index contributed by atoms with van der Waals surface area (Å²) in [5.41, 5.74) is 7.76. The van der Waals surface area contributed by atoms with Crippen molar-refractivity contribution < 1.29 is 14.7 Å². The van der Waals surface area contributed by atoms with Crippen molar-refractivity contribution in [1.82, 2.24) is 4.90 Å². The molecule has 3 rings (SSSR count). The van der Waals surface area contributed by atoms with Crippen molar-refractivity contribution in [1.29, 1.82) is 0 Å². The van der Waals surface area contributed by atoms with E-state index in [9.17, 15) is 14.7 Å². The molecule has 0 saturated heterocycles. The second kappa shape index (κ2) is 5.15. The number of carbonyl (C=O) groups is 2. The first kappa shape index (κ1) is 14.1. The second-order valence-electron chi connectivity index (χ2n) is 6.24. The zero-order chi connectivity index (χ0) is 15.0. The zero-order valence-corrected chi connectivity index (χ0v) is 11.9. The molecule has 0 aromatic heterocycles. The van der Waals surface area contributed by atoms with Crippen LogP contribution < -0.4 is 5.73 Å². The van der Waals surface area contributed by atoms with E-state index >= 15 is 0 Å². The summed E-state index contributed by atoms with van der Waals surface area (Å²) in [5.74, 6) is -1.09. The van der Waals surface area contributed by atoms with Gasteiger partial charge in [0, 0.05) is 24.9 Å². The molecule has 1 aromatic carbocycles. The first-order chi connectivity index (χ1) is 9.98. The van der Waals surface area contributed by atoms with Crippen molar-refractivity contribution in [3.8, 4) is 0 Å². The van der Waals surface area contributed by atoms with Gasteiger partial charge in [0.15, 0.2) is 0 Å². The Morgan fingerprint density at radius 1 is 1.29 bits per heavy atom. The van der Waals surface area contributed by atoms with Crippen molar-refractivity contribution in [2.45, 2.75) is 50.2 Å². The van der Waals surface area contributed by atoms with Gasteiger partial charge in [-0.1, -0.05) is 24.3 Å². The third kappa shape index (κ3) is 2.65. The number of amides is 1. The quantitative estimate of drug-likeness (QED) is 0.878. The highest BCUT2D eigenvalue weighted by Crippen LogP contribution is 2.34. The molecule has 1 heterocycles. The third-order valence-corrected chi connectivity index (χ3v) is 4.71. The maximum Gasteiger partial charge on any atom is 0.326 e. The van der Waals surface area contributed by atoms with Gasteiger partial charge in [-0.15, -0.1) is 0 Å². The lowest BCUT2D eigenvalue weighted by atomic mass is 9.75. The van der Waals surface area contributed by atoms with Crippen LogP contribution >= 0.6 is 0 Å². The van der Waals surface area contributed by atoms with Crippen molar-refractivity contribution in [2.24, 2.45) is 5.73 Å². The van der Waals surface area contributed by atoms with Gasteiger partial charge in [-0.3, -0.25) is 4.79 Å². The Bertz CT molecular complexity index is 581. The number of rotatable bonds is 3. The van der Waals surface area contributed by atoms with Crippen molar-refractivity contribution in [3.05, 3.63) is 35.4 Å². The first-order valence-corrected chi connectivity index (χ1v) is 7.36. The Hall–Kier alpha value is -1.88. The van der Waals surface area contributed by atoms with Crippen LogP contribution in [0.3, 0.4) is 0 Å². The van der Waals surface area contributed by atoms with Gasteiger partial charge < -0.3 is 15.7 Å². The van der Waals surface area contributed by atoms with Gasteiger partial charge in [-0.25, -0.2) is 4.79 Å². The van der Waals surface area contributed by atoms with Crippen LogP contribution in [0.4, 0.5) is 0 Å². The lowest BCUT2D eigenvalue weighted by molar-refractivity contribution is -0.152. The minimum absolute atomic E-state index is 0.140. The van der Waals surface area contributed by atoms with E-state index in [1.165, 1.54) is 4.90 Å². The number of nitrogens with two attached hydrogens (primary N) is 1. The van der Waals surface area contributed by atoms with Crippen LogP contribution in [-0.4, -0.2) is 33.5 Å². The van der Waals surface area contributed by atoms with Crippen LogP contribution in [0.5, 0.6) is 0 Å². The Kier molecular flexibility index (Phi) is 3.45. The van der Waals surface area contributed by atoms with Crippen molar-refractivity contribution in [2.75, 3.05) is 0 Å². The van der Waals surface area contributed by atoms with Gasteiger partial charge in [0.05, 0.1) is 0 Å². The molecule has 0 spiro atoms. The minimum atomic E-state index is -0.947. The molecule has 112 valence electrons. The highest BCUT2D eigenvalue weighted by atomic mass is 16.4. The smallest absolute Gasteiger partial charge is 0.326 e. The Labute approximate surface area is 123 Å². The predicted octanol–water partition coefficient (Wildman–Crippen LogP) is 1.30. The van der Waals surface area contributed by atoms with E-state index in [1.807, 2.05) is 24.3 Å². The largest absolute Gasteiger partial charge is 0.480 e. The minimum Gasteiger partial charge on any atom is -0.480 e. The number of carboxylic acids is 1. The Morgan fingerprint density at radius 2 is 1.95 bits per heavy atom. The van der Waals surface area contributed by atoms with E-state index in [0.717, 1.165) is 30.4 Å². The van der Waals surface area contributed by atoms with Crippen LogP contribution in [0.2, 0.25) is 0 Å². The molecule has 1 aromatic rings. The molecule has 1 atom stereocenters. The monoisotopic (exact) mass is 288 g/mol. The van der Waals surface area contributed by atoms with Crippen LogP contribution in [0.1, 0.15) is 36.8 Å². The molecule has 5 heteroatoms. The molecular weight excluding hydrogens is 268 g/mol. The lowest BCUT2D eigenvalue weighted by Gasteiger charge is -2.41. The Morgan fingerprint density at radius 3 is 2.52 bits per heavy atom. The molecular formula is C16H20N2O3. The van der Waals surface area contributed by atoms with Crippen molar-refractivity contribution >= 4 is 11.9 Å². The van der Waals surface area contributed by atoms with Crippen LogP contribution in [-0.2, 0) is 22.6 Å². The van der Waals surface area contributed by atoms with Gasteiger partial charge >= 0.3 is 5.97 Å². The fourth-order valence-corrected chi connectivity index (χ4v) is 3.22. The van der Waals surface area contributed by atoms with Crippen LogP contribution in [0, 0.1) is 0 Å². The molecule has 0 bridgehead atoms. The van der Waals surface area contributed by atoms with E-state index in [-0.39, 0.29) is 12.3 Å². The van der Waals surface area contributed by atoms with E-state index in [0.29, 0.717) is 13.0 Å². The first-order valence-electron chi connectivity index (χ1n) is 7.36. The van der Waals surface area contributed by atoms with E-state index < -0.39 is 17.6 Å². The normalized spacial score (nSPS) is 23.1. The van der Waals surface area contributed by atoms with Gasteiger partial charge in [0.1, 0.15) is 6.04 Å². The number of carboxylic acid groups (broad SMARTS) is 1. The summed E-state index contributed by atoms with van der Waals surface area (Å²) in [7, 11) is 0. The third-order valence-electron chi connectivity index (χ3n) is 4.71. The van der Waals surface area contributed by atoms with Gasteiger partial charge in [0.2, 0.25) is 5.91 Å². The summed E-state index contributed by atoms with van der Waals surface area (Å²) in [6, 6.07) is 6.92. The summed E-state index contributed by atoms with van der Waals surface area (Å²) >= 11 is 0. The molecule has 5 nitrogen and oxygen atoms in total. The average Bonchev–Trinajstić information content (AvgIpc) is 2.44. The molecule has 1 aliphatic heterocycles. The lowest BCUT2D eigenvalue weighted by Crippen LogP contribution is -2.54. The summed E-state index contributed by atoms with van der Waals surface area (Å²) in [4.78, 5) is 25.5. The molecule has 1 fully saturated rings. The molecule has 3 N–H and O–H groups in total. The summed E-state index contributed by atoms with van der Waals surface area (Å²) in [6.45, 7) is 0.363. The number of fused-ring (bicyclic) bond motifs is 1. The highest BCUT2D eigenvalue weighted by Gasteiger charge is 2.40. The zero-order valence-electron chi connectivity index (χ0n) is 11.9. The maximum absolute atomic E-state index is 12.5. The van der Waals surface area contributed by atoms with Gasteiger partial charge in [-0.05, 0) is 30.4 Å². The summed E-state index contributed by atoms with van der Waals surface area (Å²) < 4.78 is 0. The number of carbonyl (C=O) groups excluding carboxylic acids is 1. The fourth-order valence-electron chi connectivity index (χ4n) is 3.22. The van der Waals surface area contributed by atoms with Gasteiger partial charge in [-0.2, -0.15) is 0 Å². The molecule has 0 unspecified atom stereocenters. The molecule has 1 saturated carbocycles. The number of aliphatic carboxylic acids is 1. The van der Waals surface area contributed by atoms with Gasteiger partial charge in [0.25, 0.3) is 0 Å². The molecule has 2 aliphatic rings. The molecule has 0 radical (unpaired) electrons. The maximum atomic E-state index is 12.5. The van der Waals surface area contributed by atoms with E-state index in [4.69, 9.17) is 5.73 Å². The number of benzene rings is 1. The molecule has 1 amide bonds. The molecule has 21 heavy (non-hydrogen) atoms. The van der Waals surface area contributed by atoms with Crippen molar-refractivity contribution in [3.63, 3.8) is 0 Å². The summed E-state index contributed by atoms with van der Waals surface area (Å²) in [5, 5.41) is 9.43. The highest BCUT2D eigenvalue weighted by molar-refractivity contribution is 5.85. The number of hydrogen-bond donors (Lipinski definition) is 2. The molecule has 1 aliphatic carbocycles. The summed E-state index contributed by atoms with van der Waals surface area (Å²) in [6.07, 6.45) is 3.37. The Balaban J connectivity index is 1.82. The number of hydrogen-bond acceptors (Lipinski definition) is 3. The van der Waals surface area contributed by atoms with E-state index in [1.54, 1.807) is 0 Å². The fraction of sp³-hybridized carbons (Fsp3) is 0.500. The van der Waals surface area contributed by atoms with Crippen LogP contribution in [0.25, 0.3) is 0 Å². The second-order valence-corrected chi connectivity index (χ2v) is 6.24. The topological polar surface area (TPSA) is 83.6 Å². The number of nitrogens with zero attached hydrogens (tertiary/aromatic N) is 1. The van der Waals surface area contributed by atoms with Crippen LogP contribution in [0.15, 0.2) is 24.3 Å². The predicted molar refractivity (Wildman–Crippen MR) is 77.5 cm³/mol.